The fourth-order valence-electron chi connectivity index (χ4n) is 3.41. The van der Waals surface area contributed by atoms with E-state index in [9.17, 15) is 28.0 Å². The average Bonchev–Trinajstić information content (AvgIpc) is 3.18. The SMILES string of the molecule is [2H]C(CC(=O)C(F)(F)c1ccc(Cl)cc1)c1ccc2c(c1)CN(C1([2H])C(=O)NC(=O)C([2H])C1([2H])[2H])C2=O. The van der Waals surface area contributed by atoms with Crippen molar-refractivity contribution in [1.29, 1.82) is 0 Å². The van der Waals surface area contributed by atoms with Crippen LogP contribution in [0.2, 0.25) is 5.02 Å². The van der Waals surface area contributed by atoms with E-state index in [1.165, 1.54) is 30.3 Å². The molecule has 0 saturated carbocycles. The number of carbonyl (C=O) groups is 4. The van der Waals surface area contributed by atoms with Gasteiger partial charge < -0.3 is 4.90 Å². The smallest absolute Gasteiger partial charge is 0.322 e. The number of alkyl halides is 2. The van der Waals surface area contributed by atoms with Crippen molar-refractivity contribution in [2.75, 3.05) is 0 Å². The first kappa shape index (κ1) is 16.5. The molecular formula is C23H19ClF2N2O4. The minimum Gasteiger partial charge on any atom is -0.322 e. The number of nitrogens with zero attached hydrogens (tertiary/aromatic N) is 1. The summed E-state index contributed by atoms with van der Waals surface area (Å²) in [4.78, 5) is 50.2. The van der Waals surface area contributed by atoms with Gasteiger partial charge in [-0.05, 0) is 42.1 Å². The number of fused-ring (bicyclic) bond motifs is 1. The molecule has 9 heteroatoms. The van der Waals surface area contributed by atoms with Crippen LogP contribution in [0.15, 0.2) is 42.5 Å². The van der Waals surface area contributed by atoms with Crippen molar-refractivity contribution in [3.63, 3.8) is 0 Å². The number of piperidine rings is 1. The maximum Gasteiger partial charge on any atom is 0.330 e. The topological polar surface area (TPSA) is 83.6 Å². The molecule has 0 aliphatic carbocycles. The first-order valence-electron chi connectivity index (χ1n) is 12.1. The molecule has 166 valence electrons. The summed E-state index contributed by atoms with van der Waals surface area (Å²) in [6.45, 7) is -0.471. The molecule has 2 aromatic carbocycles. The predicted octanol–water partition coefficient (Wildman–Crippen LogP) is 3.39. The fourth-order valence-corrected chi connectivity index (χ4v) is 3.54. The number of aryl methyl sites for hydroxylation is 1. The second-order valence-electron chi connectivity index (χ2n) is 7.18. The standard InChI is InChI=1S/C23H19ClF2N2O4/c24-16-5-3-15(4-6-16)23(25,26)19(29)9-2-13-1-7-17-14(11-13)12-28(22(17)32)18-8-10-20(30)27-21(18)31/h1,3-7,11,18H,2,8-10,12H2,(H,27,30,31)/i2D,8D2,10D,18D. The molecule has 2 aliphatic rings. The molecule has 2 heterocycles. The highest BCUT2D eigenvalue weighted by Gasteiger charge is 2.41. The molecule has 1 saturated heterocycles. The van der Waals surface area contributed by atoms with Crippen molar-refractivity contribution >= 4 is 35.1 Å². The number of imide groups is 1. The van der Waals surface area contributed by atoms with Crippen molar-refractivity contribution in [2.24, 2.45) is 0 Å². The van der Waals surface area contributed by atoms with E-state index in [1.807, 2.05) is 0 Å². The third-order valence-corrected chi connectivity index (χ3v) is 5.33. The van der Waals surface area contributed by atoms with Crippen LogP contribution in [0.5, 0.6) is 0 Å². The molecule has 1 N–H and O–H groups in total. The zero-order chi connectivity index (χ0) is 27.5. The van der Waals surface area contributed by atoms with Gasteiger partial charge in [-0.1, -0.05) is 35.9 Å². The van der Waals surface area contributed by atoms with Crippen LogP contribution in [-0.4, -0.2) is 34.4 Å². The molecule has 0 aromatic heterocycles. The summed E-state index contributed by atoms with van der Waals surface area (Å²) in [7, 11) is 0. The van der Waals surface area contributed by atoms with Crippen LogP contribution in [0.4, 0.5) is 8.78 Å². The third-order valence-electron chi connectivity index (χ3n) is 5.08. The number of halogens is 3. The van der Waals surface area contributed by atoms with Gasteiger partial charge >= 0.3 is 5.92 Å². The Kier molecular flexibility index (Phi) is 4.34. The van der Waals surface area contributed by atoms with Crippen LogP contribution >= 0.6 is 11.6 Å². The Morgan fingerprint density at radius 1 is 1.25 bits per heavy atom. The molecule has 4 rings (SSSR count). The predicted molar refractivity (Wildman–Crippen MR) is 111 cm³/mol. The van der Waals surface area contributed by atoms with Gasteiger partial charge in [0.25, 0.3) is 5.91 Å². The number of nitrogens with one attached hydrogen (secondary N) is 1. The number of amides is 3. The van der Waals surface area contributed by atoms with Crippen molar-refractivity contribution in [3.05, 3.63) is 69.7 Å². The van der Waals surface area contributed by atoms with Crippen LogP contribution in [-0.2, 0) is 33.2 Å². The summed E-state index contributed by atoms with van der Waals surface area (Å²) in [5, 5.41) is 1.96. The Labute approximate surface area is 194 Å². The van der Waals surface area contributed by atoms with Gasteiger partial charge in [-0.3, -0.25) is 24.5 Å². The highest BCUT2D eigenvalue weighted by molar-refractivity contribution is 6.30. The zero-order valence-corrected chi connectivity index (χ0v) is 17.1. The lowest BCUT2D eigenvalue weighted by molar-refractivity contribution is -0.144. The van der Waals surface area contributed by atoms with Gasteiger partial charge in [0.05, 0.1) is 1.37 Å². The number of benzene rings is 2. The van der Waals surface area contributed by atoms with E-state index in [1.54, 1.807) is 5.32 Å². The van der Waals surface area contributed by atoms with Crippen molar-refractivity contribution in [2.45, 2.75) is 44.1 Å². The molecule has 3 unspecified atom stereocenters. The van der Waals surface area contributed by atoms with Gasteiger partial charge in [-0.25, -0.2) is 0 Å². The Balaban J connectivity index is 1.57. The number of ketones is 1. The first-order valence-corrected chi connectivity index (χ1v) is 9.82. The number of rotatable bonds is 6. The molecular weight excluding hydrogens is 442 g/mol. The molecule has 0 spiro atoms. The van der Waals surface area contributed by atoms with Gasteiger partial charge in [0.2, 0.25) is 17.6 Å². The summed E-state index contributed by atoms with van der Waals surface area (Å²) in [6, 6.07) is 5.32. The number of hydrogen-bond acceptors (Lipinski definition) is 4. The fraction of sp³-hybridized carbons (Fsp3) is 0.304. The van der Waals surface area contributed by atoms with E-state index in [0.717, 1.165) is 12.1 Å². The van der Waals surface area contributed by atoms with E-state index >= 15 is 0 Å². The number of carbonyl (C=O) groups excluding carboxylic acids is 4. The molecule has 3 amide bonds. The molecule has 0 radical (unpaired) electrons. The van der Waals surface area contributed by atoms with Crippen LogP contribution in [0.25, 0.3) is 0 Å². The molecule has 2 aromatic rings. The van der Waals surface area contributed by atoms with Gasteiger partial charge in [0.1, 0.15) is 6.02 Å². The minimum atomic E-state index is -3.87. The van der Waals surface area contributed by atoms with Crippen molar-refractivity contribution < 1.29 is 34.8 Å². The Morgan fingerprint density at radius 3 is 2.69 bits per heavy atom. The quantitative estimate of drug-likeness (QED) is 0.663. The van der Waals surface area contributed by atoms with Crippen molar-refractivity contribution in [1.82, 2.24) is 10.2 Å². The molecule has 0 bridgehead atoms. The largest absolute Gasteiger partial charge is 0.330 e. The Hall–Kier alpha value is -3.13. The van der Waals surface area contributed by atoms with Crippen LogP contribution < -0.4 is 5.32 Å². The maximum absolute atomic E-state index is 14.6. The lowest BCUT2D eigenvalue weighted by Crippen LogP contribution is -2.52. The molecule has 6 nitrogen and oxygen atoms in total. The lowest BCUT2D eigenvalue weighted by Gasteiger charge is -2.29. The number of Topliss-reactive ketones (excluding diaryl/α,β-unsaturated/α-hetero) is 1. The van der Waals surface area contributed by atoms with E-state index in [-0.39, 0.29) is 21.7 Å². The molecule has 3 atom stereocenters. The van der Waals surface area contributed by atoms with Crippen LogP contribution in [0.1, 0.15) is 53.1 Å². The second-order valence-corrected chi connectivity index (χ2v) is 7.61. The second kappa shape index (κ2) is 8.43. The van der Waals surface area contributed by atoms with Crippen LogP contribution in [0.3, 0.4) is 0 Å². The highest BCUT2D eigenvalue weighted by atomic mass is 35.5. The summed E-state index contributed by atoms with van der Waals surface area (Å²) < 4.78 is 70.0. The Bertz CT molecular complexity index is 1330. The lowest BCUT2D eigenvalue weighted by atomic mass is 9.97. The summed E-state index contributed by atoms with van der Waals surface area (Å²) in [5.41, 5.74) is -0.318. The monoisotopic (exact) mass is 465 g/mol. The maximum atomic E-state index is 14.6. The summed E-state index contributed by atoms with van der Waals surface area (Å²) in [6.07, 6.45) is -7.50. The van der Waals surface area contributed by atoms with E-state index in [0.29, 0.717) is 4.90 Å². The first-order chi connectivity index (χ1) is 17.1. The Morgan fingerprint density at radius 2 is 1.97 bits per heavy atom. The summed E-state index contributed by atoms with van der Waals surface area (Å²) in [5.74, 6) is -8.92. The third kappa shape index (κ3) is 4.14. The van der Waals surface area contributed by atoms with E-state index in [4.69, 9.17) is 18.5 Å². The van der Waals surface area contributed by atoms with Crippen molar-refractivity contribution in [3.8, 4) is 0 Å². The van der Waals surface area contributed by atoms with Gasteiger partial charge in [0.15, 0.2) is 0 Å². The van der Waals surface area contributed by atoms with Gasteiger partial charge in [-0.15, -0.1) is 0 Å². The number of hydrogen-bond donors (Lipinski definition) is 1. The average molecular weight is 466 g/mol. The zero-order valence-electron chi connectivity index (χ0n) is 21.3. The van der Waals surface area contributed by atoms with Crippen LogP contribution in [0, 0.1) is 0 Å². The highest BCUT2D eigenvalue weighted by Crippen LogP contribution is 2.32. The summed E-state index contributed by atoms with van der Waals surface area (Å²) >= 11 is 5.70. The molecule has 2 aliphatic heterocycles. The van der Waals surface area contributed by atoms with Gasteiger partial charge in [-0.2, -0.15) is 8.78 Å². The van der Waals surface area contributed by atoms with E-state index < -0.39 is 73.1 Å². The molecule has 32 heavy (non-hydrogen) atoms. The molecule has 1 fully saturated rings. The minimum absolute atomic E-state index is 0.0255. The van der Waals surface area contributed by atoms with E-state index in [2.05, 4.69) is 0 Å². The van der Waals surface area contributed by atoms with Gasteiger partial charge in [0, 0.05) is 41.0 Å². The normalized spacial score (nSPS) is 28.0.